The average molecular weight is 362 g/mol. The third kappa shape index (κ3) is 2.88. The van der Waals surface area contributed by atoms with Crippen LogP contribution in [0.25, 0.3) is 22.4 Å². The van der Waals surface area contributed by atoms with Crippen molar-refractivity contribution in [1.29, 1.82) is 0 Å². The molecule has 0 unspecified atom stereocenters. The van der Waals surface area contributed by atoms with E-state index in [-0.39, 0.29) is 5.56 Å². The van der Waals surface area contributed by atoms with E-state index in [0.29, 0.717) is 15.3 Å². The normalized spacial score (nSPS) is 12.0. The molecule has 0 aliphatic heterocycles. The maximum absolute atomic E-state index is 12.7. The van der Waals surface area contributed by atoms with Crippen LogP contribution in [0, 0.1) is 6.92 Å². The van der Waals surface area contributed by atoms with E-state index in [1.807, 2.05) is 80.5 Å². The Morgan fingerprint density at radius 1 is 1.08 bits per heavy atom. The van der Waals surface area contributed by atoms with E-state index < -0.39 is 0 Å². The fourth-order valence-electron chi connectivity index (χ4n) is 2.79. The van der Waals surface area contributed by atoms with Crippen molar-refractivity contribution >= 4 is 28.1 Å². The van der Waals surface area contributed by atoms with E-state index in [1.54, 1.807) is 0 Å². The number of aryl methyl sites for hydroxylation is 1. The Kier molecular flexibility index (Phi) is 4.05. The van der Waals surface area contributed by atoms with Gasteiger partial charge in [-0.3, -0.25) is 4.79 Å². The third-order valence-corrected chi connectivity index (χ3v) is 5.23. The van der Waals surface area contributed by atoms with Crippen LogP contribution in [-0.4, -0.2) is 28.7 Å². The van der Waals surface area contributed by atoms with Gasteiger partial charge in [0.05, 0.1) is 4.53 Å². The maximum atomic E-state index is 12.7. The molecule has 0 N–H and O–H groups in total. The molecule has 0 bridgehead atoms. The van der Waals surface area contributed by atoms with Crippen molar-refractivity contribution in [2.75, 3.05) is 19.0 Å². The molecule has 2 heterocycles. The Morgan fingerprint density at radius 2 is 1.81 bits per heavy atom. The molecule has 0 saturated heterocycles. The molecule has 0 spiro atoms. The lowest BCUT2D eigenvalue weighted by atomic mass is 10.1. The predicted molar refractivity (Wildman–Crippen MR) is 107 cm³/mol. The second-order valence-corrected chi connectivity index (χ2v) is 7.36. The minimum absolute atomic E-state index is 0.131. The summed E-state index contributed by atoms with van der Waals surface area (Å²) in [6, 6.07) is 16.0. The molecular weight excluding hydrogens is 344 g/mol. The Labute approximate surface area is 154 Å². The SMILES string of the molecule is Cc1ccccc1-c1nc2sc(=Cc3ccc(N(C)C)cc3)c(=O)n2n1. The number of thiazole rings is 1. The molecule has 5 nitrogen and oxygen atoms in total. The number of fused-ring (bicyclic) bond motifs is 1. The summed E-state index contributed by atoms with van der Waals surface area (Å²) in [4.78, 5) is 19.9. The minimum Gasteiger partial charge on any atom is -0.378 e. The number of aromatic nitrogens is 3. The smallest absolute Gasteiger partial charge is 0.291 e. The molecule has 0 aliphatic carbocycles. The Morgan fingerprint density at radius 3 is 2.46 bits per heavy atom. The van der Waals surface area contributed by atoms with Crippen molar-refractivity contribution in [1.82, 2.24) is 14.6 Å². The average Bonchev–Trinajstić information content (AvgIpc) is 3.16. The first kappa shape index (κ1) is 16.5. The maximum Gasteiger partial charge on any atom is 0.291 e. The first-order valence-corrected chi connectivity index (χ1v) is 9.09. The Hall–Kier alpha value is -2.99. The van der Waals surface area contributed by atoms with Crippen LogP contribution in [0.5, 0.6) is 0 Å². The zero-order valence-electron chi connectivity index (χ0n) is 14.8. The zero-order chi connectivity index (χ0) is 18.3. The second kappa shape index (κ2) is 6.38. The number of anilines is 1. The van der Waals surface area contributed by atoms with Crippen molar-refractivity contribution in [2.24, 2.45) is 0 Å². The van der Waals surface area contributed by atoms with Crippen molar-refractivity contribution in [3.05, 3.63) is 74.5 Å². The first-order valence-electron chi connectivity index (χ1n) is 8.27. The summed E-state index contributed by atoms with van der Waals surface area (Å²) < 4.78 is 2.03. The van der Waals surface area contributed by atoms with Crippen molar-refractivity contribution < 1.29 is 0 Å². The summed E-state index contributed by atoms with van der Waals surface area (Å²) >= 11 is 1.36. The summed E-state index contributed by atoms with van der Waals surface area (Å²) in [5.41, 5.74) is 4.01. The molecule has 0 amide bonds. The molecule has 2 aromatic heterocycles. The van der Waals surface area contributed by atoms with E-state index in [1.165, 1.54) is 15.9 Å². The number of hydrogen-bond donors (Lipinski definition) is 0. The predicted octanol–water partition coefficient (Wildman–Crippen LogP) is 2.74. The van der Waals surface area contributed by atoms with Gasteiger partial charge in [0.1, 0.15) is 0 Å². The highest BCUT2D eigenvalue weighted by Crippen LogP contribution is 2.20. The van der Waals surface area contributed by atoms with Gasteiger partial charge >= 0.3 is 0 Å². The number of benzene rings is 2. The van der Waals surface area contributed by atoms with Gasteiger partial charge in [-0.1, -0.05) is 47.7 Å². The standard InChI is InChI=1S/C20H18N4OS/c1-13-6-4-5-7-16(13)18-21-20-24(22-18)19(25)17(26-20)12-14-8-10-15(11-9-14)23(2)3/h4-12H,1-3H3. The molecule has 4 aromatic rings. The van der Waals surface area contributed by atoms with Gasteiger partial charge in [0, 0.05) is 25.3 Å². The molecule has 0 saturated carbocycles. The minimum atomic E-state index is -0.131. The van der Waals surface area contributed by atoms with Gasteiger partial charge in [-0.2, -0.15) is 9.50 Å². The van der Waals surface area contributed by atoms with E-state index in [0.717, 1.165) is 22.4 Å². The van der Waals surface area contributed by atoms with Crippen LogP contribution in [0.2, 0.25) is 0 Å². The molecule has 6 heteroatoms. The summed E-state index contributed by atoms with van der Waals surface area (Å²) in [6.45, 7) is 2.01. The molecule has 2 aromatic carbocycles. The zero-order valence-corrected chi connectivity index (χ0v) is 15.6. The van der Waals surface area contributed by atoms with Crippen LogP contribution in [0.4, 0.5) is 5.69 Å². The highest BCUT2D eigenvalue weighted by atomic mass is 32.1. The molecule has 0 fully saturated rings. The highest BCUT2D eigenvalue weighted by Gasteiger charge is 2.13. The van der Waals surface area contributed by atoms with Crippen LogP contribution in [0.3, 0.4) is 0 Å². The Bertz CT molecular complexity index is 1190. The third-order valence-electron chi connectivity index (χ3n) is 4.28. The first-order chi connectivity index (χ1) is 12.5. The lowest BCUT2D eigenvalue weighted by molar-refractivity contribution is 0.936. The van der Waals surface area contributed by atoms with Crippen molar-refractivity contribution in [2.45, 2.75) is 6.92 Å². The molecule has 0 radical (unpaired) electrons. The molecule has 0 atom stereocenters. The molecular formula is C20H18N4OS. The topological polar surface area (TPSA) is 50.5 Å². The van der Waals surface area contributed by atoms with Crippen molar-refractivity contribution in [3.8, 4) is 11.4 Å². The molecule has 4 rings (SSSR count). The van der Waals surface area contributed by atoms with Gasteiger partial charge in [0.2, 0.25) is 4.96 Å². The van der Waals surface area contributed by atoms with Crippen LogP contribution in [0.1, 0.15) is 11.1 Å². The van der Waals surface area contributed by atoms with Gasteiger partial charge in [0.25, 0.3) is 5.56 Å². The lowest BCUT2D eigenvalue weighted by Crippen LogP contribution is -2.23. The van der Waals surface area contributed by atoms with E-state index >= 15 is 0 Å². The van der Waals surface area contributed by atoms with Gasteiger partial charge < -0.3 is 4.90 Å². The second-order valence-electron chi connectivity index (χ2n) is 6.35. The molecule has 130 valence electrons. The lowest BCUT2D eigenvalue weighted by Gasteiger charge is -2.11. The van der Waals surface area contributed by atoms with Gasteiger partial charge in [-0.15, -0.1) is 5.10 Å². The fraction of sp³-hybridized carbons (Fsp3) is 0.150. The van der Waals surface area contributed by atoms with E-state index in [4.69, 9.17) is 0 Å². The quantitative estimate of drug-likeness (QED) is 0.562. The summed E-state index contributed by atoms with van der Waals surface area (Å²) in [6.07, 6.45) is 1.89. The molecule has 0 aliphatic rings. The fourth-order valence-corrected chi connectivity index (χ4v) is 3.70. The van der Waals surface area contributed by atoms with Crippen LogP contribution >= 0.6 is 11.3 Å². The summed E-state index contributed by atoms with van der Waals surface area (Å²) in [5.74, 6) is 0.591. The van der Waals surface area contributed by atoms with Crippen molar-refractivity contribution in [3.63, 3.8) is 0 Å². The Balaban J connectivity index is 1.76. The van der Waals surface area contributed by atoms with E-state index in [9.17, 15) is 4.79 Å². The van der Waals surface area contributed by atoms with Gasteiger partial charge in [-0.25, -0.2) is 0 Å². The summed E-state index contributed by atoms with van der Waals surface area (Å²) in [5, 5.41) is 4.42. The monoisotopic (exact) mass is 362 g/mol. The van der Waals surface area contributed by atoms with E-state index in [2.05, 4.69) is 10.1 Å². The van der Waals surface area contributed by atoms with Crippen LogP contribution < -0.4 is 15.0 Å². The number of hydrogen-bond acceptors (Lipinski definition) is 5. The molecule has 26 heavy (non-hydrogen) atoms. The number of nitrogens with zero attached hydrogens (tertiary/aromatic N) is 4. The van der Waals surface area contributed by atoms with Gasteiger partial charge in [-0.05, 0) is 36.3 Å². The summed E-state index contributed by atoms with van der Waals surface area (Å²) in [7, 11) is 4.00. The highest BCUT2D eigenvalue weighted by molar-refractivity contribution is 7.15. The largest absolute Gasteiger partial charge is 0.378 e. The van der Waals surface area contributed by atoms with Crippen LogP contribution in [0.15, 0.2) is 53.3 Å². The van der Waals surface area contributed by atoms with Crippen LogP contribution in [-0.2, 0) is 0 Å². The number of rotatable bonds is 3. The van der Waals surface area contributed by atoms with Gasteiger partial charge in [0.15, 0.2) is 5.82 Å².